The Morgan fingerprint density at radius 3 is 2.89 bits per heavy atom. The maximum Gasteiger partial charge on any atom is 0.251 e. The van der Waals surface area contributed by atoms with Gasteiger partial charge in [-0.05, 0) is 24.3 Å². The van der Waals surface area contributed by atoms with Gasteiger partial charge >= 0.3 is 0 Å². The van der Waals surface area contributed by atoms with Gasteiger partial charge in [-0.1, -0.05) is 35.9 Å². The Kier molecular flexibility index (Phi) is 3.13. The standard InChI is InChI=1S/C15H12ClNO2/c16-11-5-3-4-10(8-11)15(18)17-13-9-19-14-7-2-1-6-12(13)14/h1-8,13H,9H2,(H,17,18). The van der Waals surface area contributed by atoms with E-state index < -0.39 is 0 Å². The third-order valence-electron chi connectivity index (χ3n) is 3.09. The van der Waals surface area contributed by atoms with Crippen LogP contribution in [-0.4, -0.2) is 12.5 Å². The highest BCUT2D eigenvalue weighted by atomic mass is 35.5. The van der Waals surface area contributed by atoms with Crippen LogP contribution in [0.3, 0.4) is 0 Å². The molecule has 0 saturated heterocycles. The number of rotatable bonds is 2. The molecule has 2 aromatic carbocycles. The van der Waals surface area contributed by atoms with Crippen LogP contribution in [0.5, 0.6) is 5.75 Å². The van der Waals surface area contributed by atoms with E-state index in [4.69, 9.17) is 16.3 Å². The molecule has 3 nitrogen and oxygen atoms in total. The Morgan fingerprint density at radius 1 is 1.21 bits per heavy atom. The molecular formula is C15H12ClNO2. The van der Waals surface area contributed by atoms with E-state index in [1.54, 1.807) is 24.3 Å². The van der Waals surface area contributed by atoms with Crippen molar-refractivity contribution in [1.29, 1.82) is 0 Å². The van der Waals surface area contributed by atoms with Gasteiger partial charge in [0.15, 0.2) is 0 Å². The van der Waals surface area contributed by atoms with E-state index in [1.165, 1.54) is 0 Å². The van der Waals surface area contributed by atoms with Gasteiger partial charge in [0.05, 0.1) is 6.04 Å². The molecule has 4 heteroatoms. The van der Waals surface area contributed by atoms with Gasteiger partial charge in [0.2, 0.25) is 0 Å². The van der Waals surface area contributed by atoms with E-state index in [2.05, 4.69) is 5.32 Å². The summed E-state index contributed by atoms with van der Waals surface area (Å²) in [5, 5.41) is 3.51. The predicted molar refractivity (Wildman–Crippen MR) is 73.6 cm³/mol. The van der Waals surface area contributed by atoms with E-state index >= 15 is 0 Å². The third-order valence-corrected chi connectivity index (χ3v) is 3.33. The number of para-hydroxylation sites is 1. The summed E-state index contributed by atoms with van der Waals surface area (Å²) in [5.74, 6) is 0.687. The first-order chi connectivity index (χ1) is 9.24. The van der Waals surface area contributed by atoms with Crippen molar-refractivity contribution in [1.82, 2.24) is 5.32 Å². The van der Waals surface area contributed by atoms with Gasteiger partial charge in [-0.2, -0.15) is 0 Å². The highest BCUT2D eigenvalue weighted by molar-refractivity contribution is 6.30. The molecule has 0 fully saturated rings. The summed E-state index contributed by atoms with van der Waals surface area (Å²) < 4.78 is 5.53. The van der Waals surface area contributed by atoms with Gasteiger partial charge in [-0.25, -0.2) is 0 Å². The fraction of sp³-hybridized carbons (Fsp3) is 0.133. The second-order valence-electron chi connectivity index (χ2n) is 4.39. The minimum Gasteiger partial charge on any atom is -0.491 e. The smallest absolute Gasteiger partial charge is 0.251 e. The number of fused-ring (bicyclic) bond motifs is 1. The molecular weight excluding hydrogens is 262 g/mol. The molecule has 3 rings (SSSR count). The molecule has 19 heavy (non-hydrogen) atoms. The minimum atomic E-state index is -0.146. The Morgan fingerprint density at radius 2 is 2.05 bits per heavy atom. The maximum atomic E-state index is 12.1. The number of nitrogens with one attached hydrogen (secondary N) is 1. The molecule has 0 radical (unpaired) electrons. The van der Waals surface area contributed by atoms with Crippen LogP contribution in [0.15, 0.2) is 48.5 Å². The normalized spacial score (nSPS) is 16.6. The summed E-state index contributed by atoms with van der Waals surface area (Å²) in [6.07, 6.45) is 0. The molecule has 1 heterocycles. The van der Waals surface area contributed by atoms with E-state index in [0.29, 0.717) is 17.2 Å². The Hall–Kier alpha value is -2.00. The zero-order valence-corrected chi connectivity index (χ0v) is 10.9. The van der Waals surface area contributed by atoms with Gasteiger partial charge in [0.1, 0.15) is 12.4 Å². The number of amides is 1. The van der Waals surface area contributed by atoms with Gasteiger partial charge in [0.25, 0.3) is 5.91 Å². The summed E-state index contributed by atoms with van der Waals surface area (Å²) >= 11 is 5.88. The molecule has 1 atom stereocenters. The summed E-state index contributed by atoms with van der Waals surface area (Å²) in [7, 11) is 0. The van der Waals surface area contributed by atoms with Crippen LogP contribution < -0.4 is 10.1 Å². The maximum absolute atomic E-state index is 12.1. The molecule has 0 aromatic heterocycles. The van der Waals surface area contributed by atoms with Crippen molar-refractivity contribution in [2.75, 3.05) is 6.61 Å². The zero-order chi connectivity index (χ0) is 13.2. The summed E-state index contributed by atoms with van der Waals surface area (Å²) in [5.41, 5.74) is 1.56. The van der Waals surface area contributed by atoms with Crippen LogP contribution >= 0.6 is 11.6 Å². The van der Waals surface area contributed by atoms with Crippen LogP contribution in [0.1, 0.15) is 22.0 Å². The van der Waals surface area contributed by atoms with Gasteiger partial charge < -0.3 is 10.1 Å². The molecule has 1 N–H and O–H groups in total. The number of hydrogen-bond donors (Lipinski definition) is 1. The fourth-order valence-electron chi connectivity index (χ4n) is 2.15. The lowest BCUT2D eigenvalue weighted by Crippen LogP contribution is -2.29. The van der Waals surface area contributed by atoms with Crippen molar-refractivity contribution >= 4 is 17.5 Å². The van der Waals surface area contributed by atoms with E-state index in [1.807, 2.05) is 24.3 Å². The lowest BCUT2D eigenvalue weighted by molar-refractivity contribution is 0.0930. The molecule has 0 bridgehead atoms. The first-order valence-electron chi connectivity index (χ1n) is 6.02. The third kappa shape index (κ3) is 2.42. The average Bonchev–Trinajstić information content (AvgIpc) is 2.82. The highest BCUT2D eigenvalue weighted by Gasteiger charge is 2.25. The molecule has 0 aliphatic carbocycles. The zero-order valence-electron chi connectivity index (χ0n) is 10.1. The van der Waals surface area contributed by atoms with Gasteiger partial charge in [-0.15, -0.1) is 0 Å². The molecule has 2 aromatic rings. The number of carbonyl (C=O) groups is 1. The number of ether oxygens (including phenoxy) is 1. The summed E-state index contributed by atoms with van der Waals surface area (Å²) in [6.45, 7) is 0.464. The van der Waals surface area contributed by atoms with Crippen LogP contribution in [0.2, 0.25) is 5.02 Å². The molecule has 0 saturated carbocycles. The monoisotopic (exact) mass is 273 g/mol. The lowest BCUT2D eigenvalue weighted by atomic mass is 10.1. The highest BCUT2D eigenvalue weighted by Crippen LogP contribution is 2.31. The molecule has 1 unspecified atom stereocenters. The Balaban J connectivity index is 1.78. The molecule has 0 spiro atoms. The largest absolute Gasteiger partial charge is 0.491 e. The summed E-state index contributed by atoms with van der Waals surface area (Å²) in [4.78, 5) is 12.1. The topological polar surface area (TPSA) is 38.3 Å². The first-order valence-corrected chi connectivity index (χ1v) is 6.40. The van der Waals surface area contributed by atoms with E-state index in [0.717, 1.165) is 11.3 Å². The molecule has 1 aliphatic heterocycles. The van der Waals surface area contributed by atoms with Crippen LogP contribution in [-0.2, 0) is 0 Å². The average molecular weight is 274 g/mol. The van der Waals surface area contributed by atoms with Gasteiger partial charge in [0, 0.05) is 16.1 Å². The van der Waals surface area contributed by atoms with E-state index in [9.17, 15) is 4.79 Å². The molecule has 96 valence electrons. The van der Waals surface area contributed by atoms with Crippen molar-refractivity contribution in [3.8, 4) is 5.75 Å². The number of halogens is 1. The van der Waals surface area contributed by atoms with E-state index in [-0.39, 0.29) is 11.9 Å². The van der Waals surface area contributed by atoms with Crippen LogP contribution in [0.25, 0.3) is 0 Å². The quantitative estimate of drug-likeness (QED) is 0.912. The Bertz CT molecular complexity index is 627. The SMILES string of the molecule is O=C(NC1COc2ccccc21)c1cccc(Cl)c1. The second kappa shape index (κ2) is 4.94. The first kappa shape index (κ1) is 12.1. The number of carbonyl (C=O) groups excluding carboxylic acids is 1. The van der Waals surface area contributed by atoms with Crippen molar-refractivity contribution in [2.45, 2.75) is 6.04 Å². The van der Waals surface area contributed by atoms with Crippen molar-refractivity contribution in [3.05, 3.63) is 64.7 Å². The van der Waals surface area contributed by atoms with Crippen LogP contribution in [0.4, 0.5) is 0 Å². The second-order valence-corrected chi connectivity index (χ2v) is 4.82. The van der Waals surface area contributed by atoms with Crippen molar-refractivity contribution in [2.24, 2.45) is 0 Å². The number of hydrogen-bond acceptors (Lipinski definition) is 2. The molecule has 1 amide bonds. The number of benzene rings is 2. The Labute approximate surface area is 116 Å². The predicted octanol–water partition coefficient (Wildman–Crippen LogP) is 3.20. The van der Waals surface area contributed by atoms with Crippen molar-refractivity contribution in [3.63, 3.8) is 0 Å². The van der Waals surface area contributed by atoms with Crippen LogP contribution in [0, 0.1) is 0 Å². The molecule has 1 aliphatic rings. The summed E-state index contributed by atoms with van der Waals surface area (Å²) in [6, 6.07) is 14.5. The van der Waals surface area contributed by atoms with Crippen molar-refractivity contribution < 1.29 is 9.53 Å². The van der Waals surface area contributed by atoms with Gasteiger partial charge in [-0.3, -0.25) is 4.79 Å². The minimum absolute atomic E-state index is 0.109. The fourth-order valence-corrected chi connectivity index (χ4v) is 2.34. The lowest BCUT2D eigenvalue weighted by Gasteiger charge is -2.11.